The van der Waals surface area contributed by atoms with Gasteiger partial charge < -0.3 is 4.74 Å². The van der Waals surface area contributed by atoms with Crippen LogP contribution in [-0.2, 0) is 16.4 Å². The van der Waals surface area contributed by atoms with E-state index in [9.17, 15) is 13.7 Å². The van der Waals surface area contributed by atoms with Gasteiger partial charge in [-0.05, 0) is 65.7 Å². The Labute approximate surface area is 179 Å². The van der Waals surface area contributed by atoms with Crippen LogP contribution in [0.2, 0.25) is 10.0 Å². The Bertz CT molecular complexity index is 1160. The lowest BCUT2D eigenvalue weighted by atomic mass is 10.2. The second-order valence-corrected chi connectivity index (χ2v) is 8.85. The minimum Gasteiger partial charge on any atom is -0.489 e. The minimum atomic E-state index is -3.93. The fourth-order valence-electron chi connectivity index (χ4n) is 2.47. The zero-order valence-corrected chi connectivity index (χ0v) is 17.4. The number of rotatable bonds is 6. The van der Waals surface area contributed by atoms with Crippen LogP contribution in [0, 0.1) is 11.3 Å². The molecular weight excluding hydrogens is 429 g/mol. The van der Waals surface area contributed by atoms with Crippen molar-refractivity contribution in [2.75, 3.05) is 0 Å². The molecule has 0 saturated heterocycles. The molecular formula is C22H15Cl2NO3S. The van der Waals surface area contributed by atoms with Crippen molar-refractivity contribution in [3.8, 4) is 11.8 Å². The summed E-state index contributed by atoms with van der Waals surface area (Å²) in [7, 11) is -3.93. The molecule has 3 aromatic rings. The molecule has 0 aliphatic heterocycles. The van der Waals surface area contributed by atoms with Crippen molar-refractivity contribution in [2.45, 2.75) is 11.5 Å². The third-order valence-electron chi connectivity index (χ3n) is 4.02. The highest BCUT2D eigenvalue weighted by Crippen LogP contribution is 2.24. The third-order valence-corrected chi connectivity index (χ3v) is 6.21. The smallest absolute Gasteiger partial charge is 0.216 e. The van der Waals surface area contributed by atoms with Crippen LogP contribution in [0.5, 0.6) is 5.75 Å². The zero-order chi connectivity index (χ0) is 20.9. The molecule has 0 N–H and O–H groups in total. The van der Waals surface area contributed by atoms with Gasteiger partial charge in [-0.2, -0.15) is 5.26 Å². The first kappa shape index (κ1) is 20.9. The Balaban J connectivity index is 1.75. The van der Waals surface area contributed by atoms with Gasteiger partial charge in [0.25, 0.3) is 0 Å². The Morgan fingerprint density at radius 3 is 2.00 bits per heavy atom. The van der Waals surface area contributed by atoms with E-state index in [4.69, 9.17) is 27.9 Å². The normalized spacial score (nSPS) is 11.7. The summed E-state index contributed by atoms with van der Waals surface area (Å²) in [6, 6.07) is 21.6. The average Bonchev–Trinajstić information content (AvgIpc) is 2.72. The topological polar surface area (TPSA) is 67.2 Å². The van der Waals surface area contributed by atoms with Gasteiger partial charge >= 0.3 is 0 Å². The molecule has 0 unspecified atom stereocenters. The Hall–Kier alpha value is -2.78. The van der Waals surface area contributed by atoms with E-state index in [0.29, 0.717) is 28.0 Å². The lowest BCUT2D eigenvalue weighted by Crippen LogP contribution is -2.03. The number of nitriles is 1. The second kappa shape index (κ2) is 9.15. The van der Waals surface area contributed by atoms with Gasteiger partial charge in [0, 0.05) is 10.0 Å². The zero-order valence-electron chi connectivity index (χ0n) is 15.0. The summed E-state index contributed by atoms with van der Waals surface area (Å²) >= 11 is 11.7. The maximum absolute atomic E-state index is 12.7. The first-order chi connectivity index (χ1) is 13.9. The molecule has 0 saturated carbocycles. The van der Waals surface area contributed by atoms with Gasteiger partial charge in [0.1, 0.15) is 23.3 Å². The molecule has 146 valence electrons. The van der Waals surface area contributed by atoms with Gasteiger partial charge in [0.2, 0.25) is 9.84 Å². The molecule has 0 aliphatic rings. The highest BCUT2D eigenvalue weighted by Gasteiger charge is 2.20. The van der Waals surface area contributed by atoms with E-state index in [1.54, 1.807) is 42.5 Å². The maximum Gasteiger partial charge on any atom is 0.216 e. The summed E-state index contributed by atoms with van der Waals surface area (Å²) in [5.41, 5.74) is 1.54. The summed E-state index contributed by atoms with van der Waals surface area (Å²) in [5.74, 6) is 0.621. The summed E-state index contributed by atoms with van der Waals surface area (Å²) in [6.07, 6.45) is 1.33. The van der Waals surface area contributed by atoms with Crippen molar-refractivity contribution >= 4 is 39.1 Å². The van der Waals surface area contributed by atoms with Crippen molar-refractivity contribution in [1.29, 1.82) is 5.26 Å². The predicted octanol–water partition coefficient (Wildman–Crippen LogP) is 5.91. The predicted molar refractivity (Wildman–Crippen MR) is 114 cm³/mol. The SMILES string of the molecule is N#C/C(=C\c1ccc(OCc2ccc(Cl)cc2)cc1)S(=O)(=O)c1ccc(Cl)cc1. The number of sulfone groups is 1. The van der Waals surface area contributed by atoms with Crippen LogP contribution < -0.4 is 4.74 Å². The Morgan fingerprint density at radius 2 is 1.45 bits per heavy atom. The summed E-state index contributed by atoms with van der Waals surface area (Å²) in [5, 5.41) is 10.4. The van der Waals surface area contributed by atoms with Crippen molar-refractivity contribution in [1.82, 2.24) is 0 Å². The number of hydrogen-bond acceptors (Lipinski definition) is 4. The van der Waals surface area contributed by atoms with Crippen LogP contribution in [0.1, 0.15) is 11.1 Å². The molecule has 0 fully saturated rings. The Kier molecular flexibility index (Phi) is 6.60. The van der Waals surface area contributed by atoms with E-state index in [1.807, 2.05) is 12.1 Å². The molecule has 0 radical (unpaired) electrons. The van der Waals surface area contributed by atoms with E-state index < -0.39 is 9.84 Å². The lowest BCUT2D eigenvalue weighted by molar-refractivity contribution is 0.306. The van der Waals surface area contributed by atoms with Crippen LogP contribution >= 0.6 is 23.2 Å². The largest absolute Gasteiger partial charge is 0.489 e. The van der Waals surface area contributed by atoms with E-state index in [2.05, 4.69) is 0 Å². The molecule has 29 heavy (non-hydrogen) atoms. The van der Waals surface area contributed by atoms with Gasteiger partial charge in [0.15, 0.2) is 0 Å². The molecule has 0 atom stereocenters. The molecule has 0 spiro atoms. The molecule has 0 aliphatic carbocycles. The fraction of sp³-hybridized carbons (Fsp3) is 0.0455. The van der Waals surface area contributed by atoms with Crippen LogP contribution in [0.25, 0.3) is 6.08 Å². The van der Waals surface area contributed by atoms with Gasteiger partial charge in [-0.3, -0.25) is 0 Å². The lowest BCUT2D eigenvalue weighted by Gasteiger charge is -2.07. The highest BCUT2D eigenvalue weighted by molar-refractivity contribution is 7.95. The van der Waals surface area contributed by atoms with Crippen molar-refractivity contribution < 1.29 is 13.2 Å². The van der Waals surface area contributed by atoms with Crippen LogP contribution in [0.4, 0.5) is 0 Å². The number of halogens is 2. The number of hydrogen-bond donors (Lipinski definition) is 0. The number of ether oxygens (including phenoxy) is 1. The molecule has 0 amide bonds. The fourth-order valence-corrected chi connectivity index (χ4v) is 3.88. The van der Waals surface area contributed by atoms with E-state index in [0.717, 1.165) is 5.56 Å². The summed E-state index contributed by atoms with van der Waals surface area (Å²) < 4.78 is 31.0. The standard InChI is InChI=1S/C22H15Cl2NO3S/c23-18-5-1-17(2-6-18)15-28-20-9-3-16(4-10-20)13-22(14-25)29(26,27)21-11-7-19(24)8-12-21/h1-13H,15H2/b22-13+. The van der Waals surface area contributed by atoms with Gasteiger partial charge in [0.05, 0.1) is 4.90 Å². The van der Waals surface area contributed by atoms with Crippen LogP contribution in [0.15, 0.2) is 82.6 Å². The van der Waals surface area contributed by atoms with Crippen molar-refractivity contribution in [3.63, 3.8) is 0 Å². The summed E-state index contributed by atoms with van der Waals surface area (Å²) in [4.78, 5) is -0.340. The number of benzene rings is 3. The van der Waals surface area contributed by atoms with Gasteiger partial charge in [-0.25, -0.2) is 8.42 Å². The van der Waals surface area contributed by atoms with Crippen molar-refractivity contribution in [2.24, 2.45) is 0 Å². The molecule has 3 aromatic carbocycles. The Morgan fingerprint density at radius 1 is 0.897 bits per heavy atom. The monoisotopic (exact) mass is 443 g/mol. The first-order valence-electron chi connectivity index (χ1n) is 8.48. The second-order valence-electron chi connectivity index (χ2n) is 6.06. The minimum absolute atomic E-state index is 0.0117. The van der Waals surface area contributed by atoms with Crippen LogP contribution in [0.3, 0.4) is 0 Å². The molecule has 7 heteroatoms. The van der Waals surface area contributed by atoms with Gasteiger partial charge in [-0.1, -0.05) is 47.5 Å². The maximum atomic E-state index is 12.7. The van der Waals surface area contributed by atoms with Crippen LogP contribution in [-0.4, -0.2) is 8.42 Å². The average molecular weight is 444 g/mol. The first-order valence-corrected chi connectivity index (χ1v) is 10.7. The van der Waals surface area contributed by atoms with E-state index >= 15 is 0 Å². The van der Waals surface area contributed by atoms with E-state index in [-0.39, 0.29) is 9.80 Å². The number of allylic oxidation sites excluding steroid dienone is 1. The molecule has 4 nitrogen and oxygen atoms in total. The quantitative estimate of drug-likeness (QED) is 0.444. The van der Waals surface area contributed by atoms with Gasteiger partial charge in [-0.15, -0.1) is 0 Å². The van der Waals surface area contributed by atoms with Crippen molar-refractivity contribution in [3.05, 3.63) is 98.9 Å². The highest BCUT2D eigenvalue weighted by atomic mass is 35.5. The molecule has 0 bridgehead atoms. The van der Waals surface area contributed by atoms with E-state index in [1.165, 1.54) is 30.3 Å². The molecule has 3 rings (SSSR count). The molecule has 0 heterocycles. The third kappa shape index (κ3) is 5.39. The number of nitrogens with zero attached hydrogens (tertiary/aromatic N) is 1. The molecule has 0 aromatic heterocycles. The summed E-state index contributed by atoms with van der Waals surface area (Å²) in [6.45, 7) is 0.376.